The number of ether oxygens (including phenoxy) is 4. The molecule has 0 saturated heterocycles. The Morgan fingerprint density at radius 3 is 0.747 bits per heavy atom. The van der Waals surface area contributed by atoms with Crippen molar-refractivity contribution >= 4 is 39.5 Å². The molecule has 17 nitrogen and oxygen atoms in total. The highest BCUT2D eigenvalue weighted by Crippen LogP contribution is 2.45. The maximum atomic E-state index is 13.0. The standard InChI is InChI=1S/C72H140O17P2/c1-8-9-10-36-46-53-69(74)82-59-67(88-71(76)56-49-42-35-29-23-22-26-32-39-45-52-65(6)7)61-86-90(78,79)84-57-66(73)58-85-91(80,81)87-62-68(60-83-70(75)54-47-40-33-27-21-17-19-25-31-38-44-51-64(4)5)89-72(77)55-48-41-34-28-20-16-14-12-11-13-15-18-24-30-37-43-50-63(2)3/h63-68,73H,8-62H2,1-7H3,(H,78,79)(H,80,81)/t66-,67+,68+/m0/s1. The molecule has 91 heavy (non-hydrogen) atoms. The maximum absolute atomic E-state index is 13.0. The summed E-state index contributed by atoms with van der Waals surface area (Å²) in [5.41, 5.74) is 0. The van der Waals surface area contributed by atoms with Gasteiger partial charge in [0.05, 0.1) is 26.4 Å². The summed E-state index contributed by atoms with van der Waals surface area (Å²) >= 11 is 0. The maximum Gasteiger partial charge on any atom is 0.472 e. The lowest BCUT2D eigenvalue weighted by Crippen LogP contribution is -2.30. The Balaban J connectivity index is 5.15. The Bertz CT molecular complexity index is 1780. The molecule has 2 unspecified atom stereocenters. The van der Waals surface area contributed by atoms with Crippen molar-refractivity contribution in [2.45, 2.75) is 381 Å². The predicted octanol–water partition coefficient (Wildman–Crippen LogP) is 20.6. The molecule has 0 amide bonds. The normalized spacial score (nSPS) is 14.2. The van der Waals surface area contributed by atoms with Gasteiger partial charge in [0.15, 0.2) is 12.2 Å². The number of esters is 4. The van der Waals surface area contributed by atoms with E-state index in [1.807, 2.05) is 0 Å². The highest BCUT2D eigenvalue weighted by Gasteiger charge is 2.30. The van der Waals surface area contributed by atoms with E-state index in [9.17, 15) is 43.2 Å². The molecular formula is C72H140O17P2. The first-order valence-corrected chi connectivity index (χ1v) is 40.3. The van der Waals surface area contributed by atoms with Crippen molar-refractivity contribution in [1.82, 2.24) is 0 Å². The number of rotatable bonds is 70. The summed E-state index contributed by atoms with van der Waals surface area (Å²) < 4.78 is 68.2. The van der Waals surface area contributed by atoms with Crippen molar-refractivity contribution in [2.24, 2.45) is 17.8 Å². The van der Waals surface area contributed by atoms with Gasteiger partial charge in [0, 0.05) is 25.7 Å². The SMILES string of the molecule is CCCCCCCC(=O)OC[C@H](COP(=O)(O)OC[C@H](O)COP(=O)(O)OC[C@@H](COC(=O)CCCCCCCCCCCCCC(C)C)OC(=O)CCCCCCCCCCCCCCCCCCC(C)C)OC(=O)CCCCCCCCCCCCC(C)C. The van der Waals surface area contributed by atoms with E-state index in [1.54, 1.807) is 0 Å². The van der Waals surface area contributed by atoms with Gasteiger partial charge in [0.1, 0.15) is 19.3 Å². The first kappa shape index (κ1) is 89.1. The van der Waals surface area contributed by atoms with Gasteiger partial charge in [0.25, 0.3) is 0 Å². The zero-order valence-corrected chi connectivity index (χ0v) is 61.1. The van der Waals surface area contributed by atoms with Crippen LogP contribution >= 0.6 is 15.6 Å². The lowest BCUT2D eigenvalue weighted by molar-refractivity contribution is -0.161. The van der Waals surface area contributed by atoms with Crippen LogP contribution < -0.4 is 0 Å². The Hall–Kier alpha value is -1.94. The number of carbonyl (C=O) groups excluding carboxylic acids is 4. The Morgan fingerprint density at radius 1 is 0.297 bits per heavy atom. The molecule has 0 aliphatic heterocycles. The second-order valence-electron chi connectivity index (χ2n) is 27.4. The van der Waals surface area contributed by atoms with Crippen LogP contribution in [-0.4, -0.2) is 96.7 Å². The molecule has 0 heterocycles. The summed E-state index contributed by atoms with van der Waals surface area (Å²) in [5.74, 6) is 0.198. The molecule has 0 radical (unpaired) electrons. The summed E-state index contributed by atoms with van der Waals surface area (Å²) in [6, 6.07) is 0. The molecule has 0 spiro atoms. The van der Waals surface area contributed by atoms with Crippen LogP contribution in [0.4, 0.5) is 0 Å². The number of unbranched alkanes of at least 4 members (excludes halogenated alkanes) is 38. The van der Waals surface area contributed by atoms with E-state index in [0.29, 0.717) is 25.7 Å². The fourth-order valence-electron chi connectivity index (χ4n) is 10.9. The van der Waals surface area contributed by atoms with Crippen LogP contribution in [0.1, 0.15) is 363 Å². The minimum absolute atomic E-state index is 0.105. The van der Waals surface area contributed by atoms with Gasteiger partial charge in [-0.1, -0.05) is 312 Å². The van der Waals surface area contributed by atoms with Crippen LogP contribution in [0.15, 0.2) is 0 Å². The Labute approximate surface area is 556 Å². The van der Waals surface area contributed by atoms with E-state index < -0.39 is 97.5 Å². The number of phosphoric ester groups is 2. The molecule has 0 aliphatic rings. The van der Waals surface area contributed by atoms with Gasteiger partial charge in [-0.2, -0.15) is 0 Å². The molecule has 0 fully saturated rings. The molecule has 19 heteroatoms. The third-order valence-electron chi connectivity index (χ3n) is 16.6. The molecule has 0 saturated carbocycles. The molecule has 0 aromatic carbocycles. The summed E-state index contributed by atoms with van der Waals surface area (Å²) in [6.45, 7) is 11.8. The predicted molar refractivity (Wildman–Crippen MR) is 368 cm³/mol. The number of carbonyl (C=O) groups is 4. The van der Waals surface area contributed by atoms with Crippen LogP contribution in [0, 0.1) is 17.8 Å². The number of aliphatic hydroxyl groups is 1. The molecule has 0 aromatic heterocycles. The summed E-state index contributed by atoms with van der Waals surface area (Å²) in [5, 5.41) is 10.6. The first-order valence-electron chi connectivity index (χ1n) is 37.3. The topological polar surface area (TPSA) is 237 Å². The lowest BCUT2D eigenvalue weighted by Gasteiger charge is -2.21. The third-order valence-corrected chi connectivity index (χ3v) is 18.5. The van der Waals surface area contributed by atoms with Gasteiger partial charge in [-0.3, -0.25) is 37.3 Å². The fraction of sp³-hybridized carbons (Fsp3) is 0.944. The third kappa shape index (κ3) is 66.5. The molecule has 0 bridgehead atoms. The van der Waals surface area contributed by atoms with Gasteiger partial charge in [-0.05, 0) is 43.4 Å². The fourth-order valence-corrected chi connectivity index (χ4v) is 12.5. The molecule has 0 rings (SSSR count). The summed E-state index contributed by atoms with van der Waals surface area (Å²) in [4.78, 5) is 72.4. The van der Waals surface area contributed by atoms with E-state index in [2.05, 4.69) is 48.5 Å². The monoisotopic (exact) mass is 1340 g/mol. The van der Waals surface area contributed by atoms with Crippen molar-refractivity contribution in [3.8, 4) is 0 Å². The van der Waals surface area contributed by atoms with E-state index in [4.69, 9.17) is 37.0 Å². The average Bonchev–Trinajstić information content (AvgIpc) is 3.50. The van der Waals surface area contributed by atoms with E-state index in [-0.39, 0.29) is 25.7 Å². The van der Waals surface area contributed by atoms with Crippen molar-refractivity contribution in [2.75, 3.05) is 39.6 Å². The van der Waals surface area contributed by atoms with Gasteiger partial charge in [-0.25, -0.2) is 9.13 Å². The van der Waals surface area contributed by atoms with Gasteiger partial charge >= 0.3 is 39.5 Å². The number of aliphatic hydroxyl groups excluding tert-OH is 1. The van der Waals surface area contributed by atoms with E-state index >= 15 is 0 Å². The Morgan fingerprint density at radius 2 is 0.505 bits per heavy atom. The number of phosphoric acid groups is 2. The van der Waals surface area contributed by atoms with Crippen molar-refractivity contribution in [1.29, 1.82) is 0 Å². The van der Waals surface area contributed by atoms with Gasteiger partial charge < -0.3 is 33.8 Å². The minimum atomic E-state index is -4.95. The smallest absolute Gasteiger partial charge is 0.462 e. The van der Waals surface area contributed by atoms with Crippen LogP contribution in [-0.2, 0) is 65.4 Å². The van der Waals surface area contributed by atoms with Crippen LogP contribution in [0.5, 0.6) is 0 Å². The molecule has 0 aromatic rings. The van der Waals surface area contributed by atoms with Crippen molar-refractivity contribution in [3.63, 3.8) is 0 Å². The Kier molecular flexibility index (Phi) is 61.5. The van der Waals surface area contributed by atoms with Gasteiger partial charge in [0.2, 0.25) is 0 Å². The second-order valence-corrected chi connectivity index (χ2v) is 30.3. The van der Waals surface area contributed by atoms with Crippen LogP contribution in [0.25, 0.3) is 0 Å². The second kappa shape index (κ2) is 62.8. The number of hydrogen-bond acceptors (Lipinski definition) is 15. The largest absolute Gasteiger partial charge is 0.472 e. The quantitative estimate of drug-likeness (QED) is 0.0222. The van der Waals surface area contributed by atoms with Crippen LogP contribution in [0.2, 0.25) is 0 Å². The highest BCUT2D eigenvalue weighted by atomic mass is 31.2. The zero-order valence-electron chi connectivity index (χ0n) is 59.3. The van der Waals surface area contributed by atoms with Crippen molar-refractivity contribution < 1.29 is 80.2 Å². The van der Waals surface area contributed by atoms with Crippen LogP contribution in [0.3, 0.4) is 0 Å². The molecular weight excluding hydrogens is 1200 g/mol. The number of hydrogen-bond donors (Lipinski definition) is 3. The van der Waals surface area contributed by atoms with E-state index in [0.717, 1.165) is 114 Å². The molecule has 3 N–H and O–H groups in total. The van der Waals surface area contributed by atoms with E-state index in [1.165, 1.54) is 167 Å². The highest BCUT2D eigenvalue weighted by molar-refractivity contribution is 7.47. The first-order chi connectivity index (χ1) is 43.7. The molecule has 0 aliphatic carbocycles. The average molecular weight is 1340 g/mol. The molecule has 5 atom stereocenters. The minimum Gasteiger partial charge on any atom is -0.462 e. The summed E-state index contributed by atoms with van der Waals surface area (Å²) in [6.07, 6.45) is 47.6. The van der Waals surface area contributed by atoms with Crippen molar-refractivity contribution in [3.05, 3.63) is 0 Å². The zero-order chi connectivity index (χ0) is 67.3. The lowest BCUT2D eigenvalue weighted by atomic mass is 10.0. The summed E-state index contributed by atoms with van der Waals surface area (Å²) in [7, 11) is -9.90. The van der Waals surface area contributed by atoms with Gasteiger partial charge in [-0.15, -0.1) is 0 Å². The molecule has 540 valence electrons.